The molecule has 0 spiro atoms. The van der Waals surface area contributed by atoms with E-state index in [0.717, 1.165) is 19.4 Å². The van der Waals surface area contributed by atoms with Crippen molar-refractivity contribution in [2.45, 2.75) is 39.2 Å². The highest BCUT2D eigenvalue weighted by Gasteiger charge is 2.05. The summed E-state index contributed by atoms with van der Waals surface area (Å²) in [5.41, 5.74) is 0. The van der Waals surface area contributed by atoms with Gasteiger partial charge in [0.15, 0.2) is 0 Å². The number of aryl methyl sites for hydroxylation is 1. The molecule has 0 saturated heterocycles. The summed E-state index contributed by atoms with van der Waals surface area (Å²) in [6.45, 7) is 5.23. The summed E-state index contributed by atoms with van der Waals surface area (Å²) in [7, 11) is 1.68. The molecule has 0 aromatic carbocycles. The molecule has 1 aromatic heterocycles. The molecule has 1 aromatic rings. The molecule has 3 nitrogen and oxygen atoms in total. The van der Waals surface area contributed by atoms with Gasteiger partial charge in [0.1, 0.15) is 0 Å². The van der Waals surface area contributed by atoms with Crippen LogP contribution in [0.3, 0.4) is 0 Å². The largest absolute Gasteiger partial charge is 0.359 e. The first-order chi connectivity index (χ1) is 8.11. The lowest BCUT2D eigenvalue weighted by Crippen LogP contribution is -2.29. The van der Waals surface area contributed by atoms with Crippen LogP contribution in [-0.2, 0) is 11.2 Å². The number of carbonyl (C=O) groups excluding carboxylic acids is 1. The fourth-order valence-corrected chi connectivity index (χ4v) is 2.71. The summed E-state index contributed by atoms with van der Waals surface area (Å²) < 4.78 is 0. The second-order valence-electron chi connectivity index (χ2n) is 4.35. The van der Waals surface area contributed by atoms with E-state index < -0.39 is 0 Å². The summed E-state index contributed by atoms with van der Waals surface area (Å²) in [6.07, 6.45) is 2.57. The summed E-state index contributed by atoms with van der Waals surface area (Å²) in [5, 5.41) is 6.08. The van der Waals surface area contributed by atoms with Crippen molar-refractivity contribution < 1.29 is 4.79 Å². The van der Waals surface area contributed by atoms with Gasteiger partial charge in [-0.1, -0.05) is 0 Å². The van der Waals surface area contributed by atoms with E-state index in [1.54, 1.807) is 7.05 Å². The van der Waals surface area contributed by atoms with Crippen molar-refractivity contribution in [3.63, 3.8) is 0 Å². The minimum Gasteiger partial charge on any atom is -0.359 e. The van der Waals surface area contributed by atoms with Crippen molar-refractivity contribution >= 4 is 17.2 Å². The normalized spacial score (nSPS) is 12.4. The minimum absolute atomic E-state index is 0.119. The number of thiophene rings is 1. The van der Waals surface area contributed by atoms with Gasteiger partial charge >= 0.3 is 0 Å². The van der Waals surface area contributed by atoms with Gasteiger partial charge in [-0.2, -0.15) is 0 Å². The van der Waals surface area contributed by atoms with E-state index in [-0.39, 0.29) is 5.91 Å². The third kappa shape index (κ3) is 5.84. The van der Waals surface area contributed by atoms with E-state index >= 15 is 0 Å². The molecule has 2 N–H and O–H groups in total. The van der Waals surface area contributed by atoms with Crippen molar-refractivity contribution in [1.82, 2.24) is 10.6 Å². The highest BCUT2D eigenvalue weighted by Crippen LogP contribution is 2.16. The Balaban J connectivity index is 2.13. The van der Waals surface area contributed by atoms with Gasteiger partial charge in [0.05, 0.1) is 0 Å². The van der Waals surface area contributed by atoms with E-state index in [1.165, 1.54) is 9.75 Å². The van der Waals surface area contributed by atoms with Crippen LogP contribution in [0.2, 0.25) is 0 Å². The maximum atomic E-state index is 11.0. The Hall–Kier alpha value is -0.870. The van der Waals surface area contributed by atoms with Crippen molar-refractivity contribution in [3.05, 3.63) is 21.9 Å². The number of carbonyl (C=O) groups is 1. The monoisotopic (exact) mass is 254 g/mol. The van der Waals surface area contributed by atoms with Crippen LogP contribution in [0.1, 0.15) is 29.5 Å². The zero-order chi connectivity index (χ0) is 12.7. The van der Waals surface area contributed by atoms with Crippen molar-refractivity contribution in [3.8, 4) is 0 Å². The smallest absolute Gasteiger partial charge is 0.219 e. The van der Waals surface area contributed by atoms with E-state index in [0.29, 0.717) is 12.5 Å². The lowest BCUT2D eigenvalue weighted by Gasteiger charge is -2.12. The second-order valence-corrected chi connectivity index (χ2v) is 5.72. The average molecular weight is 254 g/mol. The molecule has 0 aliphatic heterocycles. The number of nitrogens with one attached hydrogen (secondary N) is 2. The molecule has 0 radical (unpaired) electrons. The fourth-order valence-electron chi connectivity index (χ4n) is 1.69. The minimum atomic E-state index is 0.119. The van der Waals surface area contributed by atoms with Gasteiger partial charge in [-0.15, -0.1) is 11.3 Å². The number of amides is 1. The molecule has 1 atom stereocenters. The van der Waals surface area contributed by atoms with Gasteiger partial charge in [-0.3, -0.25) is 4.79 Å². The van der Waals surface area contributed by atoms with Crippen molar-refractivity contribution in [1.29, 1.82) is 0 Å². The predicted octanol–water partition coefficient (Wildman–Crippen LogP) is 2.10. The van der Waals surface area contributed by atoms with Gasteiger partial charge in [0.2, 0.25) is 5.91 Å². The Labute approximate surface area is 108 Å². The highest BCUT2D eigenvalue weighted by atomic mass is 32.1. The molecule has 1 amide bonds. The molecule has 1 heterocycles. The SMILES string of the molecule is CNC(=O)CCCNC(C)Cc1ccc(C)s1. The van der Waals surface area contributed by atoms with Crippen LogP contribution in [0, 0.1) is 6.92 Å². The molecule has 0 bridgehead atoms. The molecular weight excluding hydrogens is 232 g/mol. The number of hydrogen-bond donors (Lipinski definition) is 2. The molecule has 0 aliphatic rings. The zero-order valence-corrected chi connectivity index (χ0v) is 11.7. The van der Waals surface area contributed by atoms with Gasteiger partial charge in [-0.25, -0.2) is 0 Å². The number of hydrogen-bond acceptors (Lipinski definition) is 3. The summed E-state index contributed by atoms with van der Waals surface area (Å²) >= 11 is 1.86. The maximum absolute atomic E-state index is 11.0. The average Bonchev–Trinajstić information content (AvgIpc) is 2.69. The van der Waals surface area contributed by atoms with E-state index in [2.05, 4.69) is 36.6 Å². The van der Waals surface area contributed by atoms with Crippen LogP contribution in [-0.4, -0.2) is 25.5 Å². The molecule has 4 heteroatoms. The van der Waals surface area contributed by atoms with Crippen LogP contribution < -0.4 is 10.6 Å². The van der Waals surface area contributed by atoms with Crippen LogP contribution >= 0.6 is 11.3 Å². The summed E-state index contributed by atoms with van der Waals surface area (Å²) in [6, 6.07) is 4.83. The predicted molar refractivity (Wildman–Crippen MR) is 73.5 cm³/mol. The third-order valence-corrected chi connectivity index (χ3v) is 3.68. The van der Waals surface area contributed by atoms with Crippen LogP contribution in [0.5, 0.6) is 0 Å². The van der Waals surface area contributed by atoms with Crippen LogP contribution in [0.25, 0.3) is 0 Å². The molecule has 17 heavy (non-hydrogen) atoms. The lowest BCUT2D eigenvalue weighted by molar-refractivity contribution is -0.120. The topological polar surface area (TPSA) is 41.1 Å². The van der Waals surface area contributed by atoms with Gasteiger partial charge in [-0.05, 0) is 45.4 Å². The van der Waals surface area contributed by atoms with Gasteiger partial charge in [0, 0.05) is 29.3 Å². The molecular formula is C13H22N2OS. The highest BCUT2D eigenvalue weighted by molar-refractivity contribution is 7.11. The molecule has 0 fully saturated rings. The fraction of sp³-hybridized carbons (Fsp3) is 0.615. The third-order valence-electron chi connectivity index (χ3n) is 2.66. The Morgan fingerprint density at radius 3 is 2.82 bits per heavy atom. The Kier molecular flexibility index (Phi) is 6.22. The maximum Gasteiger partial charge on any atom is 0.219 e. The Bertz CT molecular complexity index is 349. The molecule has 1 unspecified atom stereocenters. The van der Waals surface area contributed by atoms with Crippen molar-refractivity contribution in [2.24, 2.45) is 0 Å². The zero-order valence-electron chi connectivity index (χ0n) is 10.9. The first-order valence-electron chi connectivity index (χ1n) is 6.11. The summed E-state index contributed by atoms with van der Waals surface area (Å²) in [4.78, 5) is 13.8. The quantitative estimate of drug-likeness (QED) is 0.732. The Morgan fingerprint density at radius 2 is 2.24 bits per heavy atom. The molecule has 96 valence electrons. The van der Waals surface area contributed by atoms with E-state index in [1.807, 2.05) is 11.3 Å². The standard InChI is InChI=1S/C13H22N2OS/c1-10(9-12-7-6-11(2)17-12)15-8-4-5-13(16)14-3/h6-7,10,15H,4-5,8-9H2,1-3H3,(H,14,16). The molecule has 0 saturated carbocycles. The lowest BCUT2D eigenvalue weighted by atomic mass is 10.2. The first kappa shape index (κ1) is 14.2. The summed E-state index contributed by atoms with van der Waals surface area (Å²) in [5.74, 6) is 0.119. The van der Waals surface area contributed by atoms with Crippen molar-refractivity contribution in [2.75, 3.05) is 13.6 Å². The Morgan fingerprint density at radius 1 is 1.47 bits per heavy atom. The van der Waals surface area contributed by atoms with Gasteiger partial charge < -0.3 is 10.6 Å². The van der Waals surface area contributed by atoms with Gasteiger partial charge in [0.25, 0.3) is 0 Å². The van der Waals surface area contributed by atoms with Crippen LogP contribution in [0.4, 0.5) is 0 Å². The van der Waals surface area contributed by atoms with Crippen LogP contribution in [0.15, 0.2) is 12.1 Å². The molecule has 1 rings (SSSR count). The van der Waals surface area contributed by atoms with E-state index in [9.17, 15) is 4.79 Å². The second kappa shape index (κ2) is 7.45. The van der Waals surface area contributed by atoms with E-state index in [4.69, 9.17) is 0 Å². The first-order valence-corrected chi connectivity index (χ1v) is 6.92. The molecule has 0 aliphatic carbocycles. The number of rotatable bonds is 7.